The topological polar surface area (TPSA) is 55.8 Å². The fraction of sp³-hybridized carbons (Fsp3) is 0.138. The van der Waals surface area contributed by atoms with E-state index in [2.05, 4.69) is 6.92 Å². The predicted octanol–water partition coefficient (Wildman–Crippen LogP) is 8.75. The van der Waals surface area contributed by atoms with Gasteiger partial charge >= 0.3 is 5.97 Å². The molecule has 0 saturated carbocycles. The molecule has 0 saturated heterocycles. The van der Waals surface area contributed by atoms with Crippen LogP contribution < -0.4 is 9.47 Å². The summed E-state index contributed by atoms with van der Waals surface area (Å²) in [5.41, 5.74) is 1.47. The molecule has 0 radical (unpaired) electrons. The Kier molecular flexibility index (Phi) is 7.64. The fourth-order valence-corrected chi connectivity index (χ4v) is 4.12. The summed E-state index contributed by atoms with van der Waals surface area (Å²) in [5, 5.41) is 10.7. The van der Waals surface area contributed by atoms with Crippen LogP contribution in [0.4, 0.5) is 0 Å². The highest BCUT2D eigenvalue weighted by Crippen LogP contribution is 2.38. The Morgan fingerprint density at radius 3 is 1.29 bits per heavy atom. The van der Waals surface area contributed by atoms with E-state index in [4.69, 9.17) is 32.7 Å². The number of rotatable bonds is 9. The molecule has 0 unspecified atom stereocenters. The predicted molar refractivity (Wildman–Crippen MR) is 139 cm³/mol. The van der Waals surface area contributed by atoms with Crippen LogP contribution in [0.5, 0.6) is 23.0 Å². The van der Waals surface area contributed by atoms with Crippen LogP contribution in [0.1, 0.15) is 30.9 Å². The van der Waals surface area contributed by atoms with Crippen LogP contribution in [0.15, 0.2) is 97.1 Å². The van der Waals surface area contributed by atoms with E-state index in [9.17, 15) is 9.90 Å². The smallest absolute Gasteiger partial charge is 0.303 e. The van der Waals surface area contributed by atoms with Crippen LogP contribution in [0.2, 0.25) is 10.0 Å². The molecule has 4 nitrogen and oxygen atoms in total. The Labute approximate surface area is 214 Å². The minimum absolute atomic E-state index is 0.0442. The maximum Gasteiger partial charge on any atom is 0.303 e. The lowest BCUT2D eigenvalue weighted by Gasteiger charge is -2.31. The van der Waals surface area contributed by atoms with Crippen molar-refractivity contribution >= 4 is 29.2 Å². The number of hydrogen-bond acceptors (Lipinski definition) is 3. The highest BCUT2D eigenvalue weighted by atomic mass is 35.5. The molecule has 0 fully saturated rings. The molecule has 0 bridgehead atoms. The first kappa shape index (κ1) is 24.6. The molecule has 0 aliphatic heterocycles. The summed E-state index contributed by atoms with van der Waals surface area (Å²) < 4.78 is 11.8. The Bertz CT molecular complexity index is 1180. The zero-order chi connectivity index (χ0) is 24.8. The number of ether oxygens (including phenoxy) is 2. The van der Waals surface area contributed by atoms with Crippen molar-refractivity contribution in [1.29, 1.82) is 0 Å². The van der Waals surface area contributed by atoms with Gasteiger partial charge in [-0.2, -0.15) is 0 Å². The van der Waals surface area contributed by atoms with Gasteiger partial charge in [0.05, 0.1) is 0 Å². The van der Waals surface area contributed by atoms with E-state index in [1.165, 1.54) is 0 Å². The van der Waals surface area contributed by atoms with Gasteiger partial charge in [-0.1, -0.05) is 54.4 Å². The highest BCUT2D eigenvalue weighted by molar-refractivity contribution is 6.30. The van der Waals surface area contributed by atoms with Crippen molar-refractivity contribution in [3.8, 4) is 23.0 Å². The summed E-state index contributed by atoms with van der Waals surface area (Å²) in [6, 6.07) is 29.8. The van der Waals surface area contributed by atoms with E-state index in [1.54, 1.807) is 48.5 Å². The second-order valence-corrected chi connectivity index (χ2v) is 9.26. The number of carboxylic acid groups (broad SMARTS) is 1. The van der Waals surface area contributed by atoms with E-state index in [-0.39, 0.29) is 6.42 Å². The van der Waals surface area contributed by atoms with Crippen molar-refractivity contribution < 1.29 is 19.4 Å². The molecule has 0 aromatic heterocycles. The Hall–Kier alpha value is -3.47. The van der Waals surface area contributed by atoms with Crippen molar-refractivity contribution in [2.75, 3.05) is 0 Å². The van der Waals surface area contributed by atoms with Gasteiger partial charge in [-0.25, -0.2) is 0 Å². The van der Waals surface area contributed by atoms with Crippen LogP contribution >= 0.6 is 23.2 Å². The van der Waals surface area contributed by atoms with Crippen LogP contribution in [0, 0.1) is 0 Å². The van der Waals surface area contributed by atoms with Crippen molar-refractivity contribution in [3.63, 3.8) is 0 Å². The molecule has 178 valence electrons. The molecular weight excluding hydrogens is 483 g/mol. The quantitative estimate of drug-likeness (QED) is 0.246. The van der Waals surface area contributed by atoms with Crippen molar-refractivity contribution in [3.05, 3.63) is 118 Å². The lowest BCUT2D eigenvalue weighted by Crippen LogP contribution is -2.24. The average Bonchev–Trinajstić information content (AvgIpc) is 2.86. The van der Waals surface area contributed by atoms with Gasteiger partial charge in [0.25, 0.3) is 0 Å². The number of carboxylic acids is 1. The van der Waals surface area contributed by atoms with E-state index in [0.717, 1.165) is 11.1 Å². The standard InChI is InChI=1S/C29H24Cl2O4/c1-29(19-18-28(32)33,20-2-10-24(11-3-20)34-26-14-6-22(30)7-15-26)21-4-12-25(13-5-21)35-27-16-8-23(31)9-17-27/h2-17H,18-19H2,1H3,(H,32,33). The molecule has 0 aliphatic rings. The third-order valence-electron chi connectivity index (χ3n) is 5.92. The zero-order valence-corrected chi connectivity index (χ0v) is 20.6. The molecule has 4 rings (SSSR count). The van der Waals surface area contributed by atoms with Gasteiger partial charge in [-0.15, -0.1) is 0 Å². The van der Waals surface area contributed by atoms with Gasteiger partial charge in [0, 0.05) is 21.9 Å². The molecule has 1 N–H and O–H groups in total. The Balaban J connectivity index is 1.56. The lowest BCUT2D eigenvalue weighted by molar-refractivity contribution is -0.137. The fourth-order valence-electron chi connectivity index (χ4n) is 3.87. The number of benzene rings is 4. The summed E-state index contributed by atoms with van der Waals surface area (Å²) in [6.07, 6.45) is 0.486. The normalized spacial score (nSPS) is 11.2. The third kappa shape index (κ3) is 6.36. The molecule has 0 spiro atoms. The van der Waals surface area contributed by atoms with Crippen molar-refractivity contribution in [2.45, 2.75) is 25.2 Å². The third-order valence-corrected chi connectivity index (χ3v) is 6.42. The number of carbonyl (C=O) groups is 1. The van der Waals surface area contributed by atoms with Gasteiger partial charge < -0.3 is 14.6 Å². The molecule has 6 heteroatoms. The van der Waals surface area contributed by atoms with Crippen molar-refractivity contribution in [1.82, 2.24) is 0 Å². The first-order chi connectivity index (χ1) is 16.8. The minimum atomic E-state index is -0.832. The molecule has 4 aromatic carbocycles. The van der Waals surface area contributed by atoms with Crippen LogP contribution in [-0.4, -0.2) is 11.1 Å². The van der Waals surface area contributed by atoms with Crippen molar-refractivity contribution in [2.24, 2.45) is 0 Å². The van der Waals surface area contributed by atoms with Gasteiger partial charge in [-0.3, -0.25) is 4.79 Å². The SMILES string of the molecule is CC(CCC(=O)O)(c1ccc(Oc2ccc(Cl)cc2)cc1)c1ccc(Oc2ccc(Cl)cc2)cc1. The Morgan fingerprint density at radius 1 is 0.657 bits per heavy atom. The molecule has 4 aromatic rings. The molecule has 0 atom stereocenters. The summed E-state index contributed by atoms with van der Waals surface area (Å²) in [5.74, 6) is 1.91. The first-order valence-corrected chi connectivity index (χ1v) is 11.9. The maximum atomic E-state index is 11.4. The Morgan fingerprint density at radius 2 is 0.971 bits per heavy atom. The van der Waals surface area contributed by atoms with E-state index >= 15 is 0 Å². The van der Waals surface area contributed by atoms with Crippen LogP contribution in [0.3, 0.4) is 0 Å². The van der Waals surface area contributed by atoms with E-state index in [0.29, 0.717) is 39.5 Å². The maximum absolute atomic E-state index is 11.4. The largest absolute Gasteiger partial charge is 0.481 e. The van der Waals surface area contributed by atoms with E-state index in [1.807, 2.05) is 48.5 Å². The molecule has 0 aliphatic carbocycles. The second kappa shape index (κ2) is 10.9. The first-order valence-electron chi connectivity index (χ1n) is 11.1. The minimum Gasteiger partial charge on any atom is -0.481 e. The number of aliphatic carboxylic acids is 1. The molecule has 0 amide bonds. The second-order valence-electron chi connectivity index (χ2n) is 8.39. The zero-order valence-electron chi connectivity index (χ0n) is 19.1. The van der Waals surface area contributed by atoms with E-state index < -0.39 is 11.4 Å². The highest BCUT2D eigenvalue weighted by Gasteiger charge is 2.30. The van der Waals surface area contributed by atoms with Gasteiger partial charge in [0.15, 0.2) is 0 Å². The summed E-state index contributed by atoms with van der Waals surface area (Å²) in [7, 11) is 0. The lowest BCUT2D eigenvalue weighted by atomic mass is 9.73. The summed E-state index contributed by atoms with van der Waals surface area (Å²) in [6.45, 7) is 2.06. The summed E-state index contributed by atoms with van der Waals surface area (Å²) in [4.78, 5) is 11.4. The number of hydrogen-bond donors (Lipinski definition) is 1. The molecule has 35 heavy (non-hydrogen) atoms. The summed E-state index contributed by atoms with van der Waals surface area (Å²) >= 11 is 11.9. The van der Waals surface area contributed by atoms with Gasteiger partial charge in [-0.05, 0) is 90.3 Å². The van der Waals surface area contributed by atoms with Gasteiger partial charge in [0.1, 0.15) is 23.0 Å². The van der Waals surface area contributed by atoms with Gasteiger partial charge in [0.2, 0.25) is 0 Å². The monoisotopic (exact) mass is 506 g/mol. The molecule has 0 heterocycles. The average molecular weight is 507 g/mol. The van der Waals surface area contributed by atoms with Crippen LogP contribution in [-0.2, 0) is 10.2 Å². The van der Waals surface area contributed by atoms with Crippen LogP contribution in [0.25, 0.3) is 0 Å². The number of halogens is 2. The molecular formula is C29H24Cl2O4.